The lowest BCUT2D eigenvalue weighted by molar-refractivity contribution is -0.128. The number of imide groups is 1. The van der Waals surface area contributed by atoms with Crippen LogP contribution < -0.4 is 10.6 Å². The second-order valence-corrected chi connectivity index (χ2v) is 5.88. The summed E-state index contributed by atoms with van der Waals surface area (Å²) in [6.45, 7) is 3.48. The van der Waals surface area contributed by atoms with Crippen LogP contribution >= 0.6 is 0 Å². The summed E-state index contributed by atoms with van der Waals surface area (Å²) in [6.07, 6.45) is 6.00. The molecule has 1 heterocycles. The monoisotopic (exact) mass is 281 g/mol. The van der Waals surface area contributed by atoms with Gasteiger partial charge in [0, 0.05) is 6.04 Å². The largest absolute Gasteiger partial charge is 0.352 e. The maximum atomic E-state index is 12.1. The third kappa shape index (κ3) is 2.78. The summed E-state index contributed by atoms with van der Waals surface area (Å²) in [5.74, 6) is -0.503. The molecule has 1 saturated heterocycles. The predicted octanol–water partition coefficient (Wildman–Crippen LogP) is 1.16. The van der Waals surface area contributed by atoms with Crippen LogP contribution in [0.4, 0.5) is 4.79 Å². The van der Waals surface area contributed by atoms with Gasteiger partial charge in [0.05, 0.1) is 0 Å². The summed E-state index contributed by atoms with van der Waals surface area (Å²) >= 11 is 0. The Morgan fingerprint density at radius 2 is 2.00 bits per heavy atom. The van der Waals surface area contributed by atoms with Crippen LogP contribution in [0.15, 0.2) is 0 Å². The Bertz CT molecular complexity index is 418. The Morgan fingerprint density at radius 3 is 2.60 bits per heavy atom. The van der Waals surface area contributed by atoms with Crippen molar-refractivity contribution in [3.8, 4) is 0 Å². The first-order valence-corrected chi connectivity index (χ1v) is 7.40. The number of urea groups is 1. The van der Waals surface area contributed by atoms with Crippen LogP contribution in [-0.2, 0) is 9.59 Å². The van der Waals surface area contributed by atoms with E-state index in [1.54, 1.807) is 6.92 Å². The van der Waals surface area contributed by atoms with Gasteiger partial charge in [0.2, 0.25) is 5.91 Å². The Labute approximate surface area is 119 Å². The molecule has 0 aromatic carbocycles. The number of carbonyl (C=O) groups is 3. The number of hydrogen-bond donors (Lipinski definition) is 2. The van der Waals surface area contributed by atoms with Crippen LogP contribution in [0.2, 0.25) is 0 Å². The number of carbonyl (C=O) groups excluding carboxylic acids is 3. The fourth-order valence-corrected chi connectivity index (χ4v) is 2.91. The van der Waals surface area contributed by atoms with Crippen molar-refractivity contribution in [3.05, 3.63) is 0 Å². The molecule has 0 aromatic heterocycles. The van der Waals surface area contributed by atoms with Crippen molar-refractivity contribution >= 4 is 17.8 Å². The lowest BCUT2D eigenvalue weighted by atomic mass is 9.95. The maximum Gasteiger partial charge on any atom is 0.325 e. The van der Waals surface area contributed by atoms with Crippen molar-refractivity contribution in [1.82, 2.24) is 15.5 Å². The van der Waals surface area contributed by atoms with E-state index in [0.29, 0.717) is 6.42 Å². The van der Waals surface area contributed by atoms with E-state index < -0.39 is 11.6 Å². The van der Waals surface area contributed by atoms with E-state index in [9.17, 15) is 14.4 Å². The van der Waals surface area contributed by atoms with Gasteiger partial charge in [0.15, 0.2) is 0 Å². The zero-order valence-electron chi connectivity index (χ0n) is 12.2. The lowest BCUT2D eigenvalue weighted by Gasteiger charge is -2.31. The van der Waals surface area contributed by atoms with Crippen molar-refractivity contribution < 1.29 is 14.4 Å². The Balaban J connectivity index is 1.95. The van der Waals surface area contributed by atoms with Gasteiger partial charge in [-0.15, -0.1) is 0 Å². The van der Waals surface area contributed by atoms with Gasteiger partial charge in [0.25, 0.3) is 5.91 Å². The third-order valence-electron chi connectivity index (χ3n) is 4.51. The van der Waals surface area contributed by atoms with E-state index in [4.69, 9.17) is 0 Å². The Morgan fingerprint density at radius 1 is 1.35 bits per heavy atom. The second-order valence-electron chi connectivity index (χ2n) is 5.88. The SMILES string of the molecule is CCC1(C)C(=O)NC(=O)N1CC(=O)NC1CCCCC1. The fraction of sp³-hybridized carbons (Fsp3) is 0.786. The minimum atomic E-state index is -0.916. The number of hydrogen-bond acceptors (Lipinski definition) is 3. The normalized spacial score (nSPS) is 27.6. The highest BCUT2D eigenvalue weighted by molar-refractivity contribution is 6.07. The van der Waals surface area contributed by atoms with Crippen LogP contribution in [0.5, 0.6) is 0 Å². The summed E-state index contributed by atoms with van der Waals surface area (Å²) in [7, 11) is 0. The fourth-order valence-electron chi connectivity index (χ4n) is 2.91. The molecular weight excluding hydrogens is 258 g/mol. The zero-order valence-corrected chi connectivity index (χ0v) is 12.2. The lowest BCUT2D eigenvalue weighted by Crippen LogP contribution is -2.51. The molecule has 20 heavy (non-hydrogen) atoms. The van der Waals surface area contributed by atoms with Crippen molar-refractivity contribution in [2.75, 3.05) is 6.54 Å². The molecule has 0 bridgehead atoms. The van der Waals surface area contributed by atoms with Gasteiger partial charge in [-0.2, -0.15) is 0 Å². The summed E-state index contributed by atoms with van der Waals surface area (Å²) in [5.41, 5.74) is -0.916. The molecule has 6 heteroatoms. The highest BCUT2D eigenvalue weighted by Gasteiger charge is 2.48. The summed E-state index contributed by atoms with van der Waals surface area (Å²) in [4.78, 5) is 37.0. The maximum absolute atomic E-state index is 12.1. The Kier molecular flexibility index (Phi) is 4.30. The van der Waals surface area contributed by atoms with Gasteiger partial charge in [-0.1, -0.05) is 26.2 Å². The zero-order chi connectivity index (χ0) is 14.8. The molecule has 6 nitrogen and oxygen atoms in total. The molecule has 0 aromatic rings. The third-order valence-corrected chi connectivity index (χ3v) is 4.51. The van der Waals surface area contributed by atoms with Crippen LogP contribution in [0.3, 0.4) is 0 Å². The molecule has 4 amide bonds. The average Bonchev–Trinajstić information content (AvgIpc) is 2.64. The molecule has 0 spiro atoms. The van der Waals surface area contributed by atoms with E-state index in [1.807, 2.05) is 6.92 Å². The van der Waals surface area contributed by atoms with Crippen molar-refractivity contribution in [2.45, 2.75) is 64.0 Å². The molecule has 1 saturated carbocycles. The minimum absolute atomic E-state index is 0.0571. The second kappa shape index (κ2) is 5.81. The molecule has 1 unspecified atom stereocenters. The first-order chi connectivity index (χ1) is 9.47. The van der Waals surface area contributed by atoms with Crippen LogP contribution in [0.25, 0.3) is 0 Å². The minimum Gasteiger partial charge on any atom is -0.352 e. The van der Waals surface area contributed by atoms with E-state index in [2.05, 4.69) is 10.6 Å². The van der Waals surface area contributed by atoms with Crippen LogP contribution in [-0.4, -0.2) is 40.9 Å². The van der Waals surface area contributed by atoms with Gasteiger partial charge in [-0.3, -0.25) is 14.9 Å². The molecule has 2 rings (SSSR count). The first-order valence-electron chi connectivity index (χ1n) is 7.40. The molecule has 1 aliphatic carbocycles. The van der Waals surface area contributed by atoms with Crippen molar-refractivity contribution in [3.63, 3.8) is 0 Å². The van der Waals surface area contributed by atoms with E-state index in [1.165, 1.54) is 11.3 Å². The molecular formula is C14H23N3O3. The van der Waals surface area contributed by atoms with Crippen LogP contribution in [0, 0.1) is 0 Å². The highest BCUT2D eigenvalue weighted by Crippen LogP contribution is 2.25. The summed E-state index contributed by atoms with van der Waals surface area (Å²) in [5, 5.41) is 5.26. The standard InChI is InChI=1S/C14H23N3O3/c1-3-14(2)12(19)16-13(20)17(14)9-11(18)15-10-7-5-4-6-8-10/h10H,3-9H2,1-2H3,(H,15,18)(H,16,19,20). The molecule has 2 fully saturated rings. The van der Waals surface area contributed by atoms with Gasteiger partial charge in [-0.25, -0.2) is 4.79 Å². The van der Waals surface area contributed by atoms with Crippen molar-refractivity contribution in [1.29, 1.82) is 0 Å². The van der Waals surface area contributed by atoms with Gasteiger partial charge in [0.1, 0.15) is 12.1 Å². The van der Waals surface area contributed by atoms with Gasteiger partial charge >= 0.3 is 6.03 Å². The number of rotatable bonds is 4. The molecule has 2 aliphatic rings. The van der Waals surface area contributed by atoms with E-state index in [-0.39, 0.29) is 24.4 Å². The number of amides is 4. The van der Waals surface area contributed by atoms with Crippen molar-refractivity contribution in [2.24, 2.45) is 0 Å². The van der Waals surface area contributed by atoms with Gasteiger partial charge < -0.3 is 10.2 Å². The number of nitrogens with zero attached hydrogens (tertiary/aromatic N) is 1. The summed E-state index contributed by atoms with van der Waals surface area (Å²) < 4.78 is 0. The predicted molar refractivity (Wildman–Crippen MR) is 74.0 cm³/mol. The quantitative estimate of drug-likeness (QED) is 0.759. The average molecular weight is 281 g/mol. The first kappa shape index (κ1) is 14.8. The topological polar surface area (TPSA) is 78.5 Å². The summed E-state index contributed by atoms with van der Waals surface area (Å²) in [6, 6.07) is -0.261. The molecule has 2 N–H and O–H groups in total. The molecule has 1 atom stereocenters. The Hall–Kier alpha value is -1.59. The molecule has 0 radical (unpaired) electrons. The van der Waals surface area contributed by atoms with Crippen LogP contribution in [0.1, 0.15) is 52.4 Å². The smallest absolute Gasteiger partial charge is 0.325 e. The molecule has 112 valence electrons. The van der Waals surface area contributed by atoms with Gasteiger partial charge in [-0.05, 0) is 26.2 Å². The number of nitrogens with one attached hydrogen (secondary N) is 2. The molecule has 1 aliphatic heterocycles. The highest BCUT2D eigenvalue weighted by atomic mass is 16.2. The van der Waals surface area contributed by atoms with E-state index >= 15 is 0 Å². The van der Waals surface area contributed by atoms with E-state index in [0.717, 1.165) is 25.7 Å².